The Morgan fingerprint density at radius 3 is 3.17 bits per heavy atom. The van der Waals surface area contributed by atoms with Gasteiger partial charge in [0.25, 0.3) is 0 Å². The number of imidazole rings is 1. The SMILES string of the molecule is COc1ccn2c(=O)[nH]cc2c1. The van der Waals surface area contributed by atoms with Gasteiger partial charge in [-0.3, -0.25) is 4.40 Å². The largest absolute Gasteiger partial charge is 0.497 e. The summed E-state index contributed by atoms with van der Waals surface area (Å²) in [5.74, 6) is 0.744. The maximum Gasteiger partial charge on any atom is 0.330 e. The number of methoxy groups -OCH3 is 1. The second kappa shape index (κ2) is 2.41. The Morgan fingerprint density at radius 2 is 2.42 bits per heavy atom. The van der Waals surface area contributed by atoms with Crippen molar-refractivity contribution in [2.75, 3.05) is 7.11 Å². The van der Waals surface area contributed by atoms with Gasteiger partial charge in [-0.15, -0.1) is 0 Å². The van der Waals surface area contributed by atoms with E-state index >= 15 is 0 Å². The summed E-state index contributed by atoms with van der Waals surface area (Å²) >= 11 is 0. The lowest BCUT2D eigenvalue weighted by Crippen LogP contribution is -2.08. The molecule has 2 heterocycles. The first-order valence-electron chi connectivity index (χ1n) is 3.55. The summed E-state index contributed by atoms with van der Waals surface area (Å²) in [5, 5.41) is 0. The van der Waals surface area contributed by atoms with Crippen LogP contribution in [0.15, 0.2) is 29.3 Å². The van der Waals surface area contributed by atoms with Gasteiger partial charge < -0.3 is 9.72 Å². The van der Waals surface area contributed by atoms with E-state index in [1.165, 1.54) is 4.40 Å². The second-order valence-corrected chi connectivity index (χ2v) is 2.46. The number of H-pyrrole nitrogens is 1. The predicted molar refractivity (Wildman–Crippen MR) is 44.6 cm³/mol. The molecule has 0 aliphatic heterocycles. The molecule has 0 aromatic carbocycles. The number of pyridine rings is 1. The van der Waals surface area contributed by atoms with E-state index in [0.717, 1.165) is 11.3 Å². The quantitative estimate of drug-likeness (QED) is 0.672. The summed E-state index contributed by atoms with van der Waals surface area (Å²) in [6.45, 7) is 0. The van der Waals surface area contributed by atoms with Crippen LogP contribution in [0.4, 0.5) is 0 Å². The van der Waals surface area contributed by atoms with E-state index in [-0.39, 0.29) is 5.69 Å². The number of nitrogens with zero attached hydrogens (tertiary/aromatic N) is 1. The first-order valence-corrected chi connectivity index (χ1v) is 3.55. The molecule has 0 saturated heterocycles. The fourth-order valence-electron chi connectivity index (χ4n) is 1.13. The molecule has 0 fully saturated rings. The molecule has 4 heteroatoms. The van der Waals surface area contributed by atoms with Gasteiger partial charge in [0.1, 0.15) is 5.75 Å². The third kappa shape index (κ3) is 0.887. The molecule has 2 aromatic rings. The third-order valence-corrected chi connectivity index (χ3v) is 1.75. The van der Waals surface area contributed by atoms with Gasteiger partial charge in [-0.25, -0.2) is 4.79 Å². The van der Waals surface area contributed by atoms with E-state index in [1.807, 2.05) is 0 Å². The number of fused-ring (bicyclic) bond motifs is 1. The van der Waals surface area contributed by atoms with E-state index in [4.69, 9.17) is 4.74 Å². The first kappa shape index (κ1) is 6.97. The number of hydrogen-bond acceptors (Lipinski definition) is 2. The average Bonchev–Trinajstić information content (AvgIpc) is 2.47. The Morgan fingerprint density at radius 1 is 1.58 bits per heavy atom. The number of aromatic amines is 1. The van der Waals surface area contributed by atoms with Crippen molar-refractivity contribution in [3.63, 3.8) is 0 Å². The van der Waals surface area contributed by atoms with Crippen molar-refractivity contribution in [1.29, 1.82) is 0 Å². The summed E-state index contributed by atoms with van der Waals surface area (Å²) in [6.07, 6.45) is 3.32. The van der Waals surface area contributed by atoms with Gasteiger partial charge >= 0.3 is 5.69 Å². The molecule has 2 aromatic heterocycles. The van der Waals surface area contributed by atoms with E-state index in [2.05, 4.69) is 4.98 Å². The van der Waals surface area contributed by atoms with E-state index in [9.17, 15) is 4.79 Å². The van der Waals surface area contributed by atoms with Gasteiger partial charge in [-0.1, -0.05) is 0 Å². The van der Waals surface area contributed by atoms with Crippen LogP contribution in [-0.2, 0) is 0 Å². The normalized spacial score (nSPS) is 10.4. The highest BCUT2D eigenvalue weighted by Crippen LogP contribution is 2.11. The van der Waals surface area contributed by atoms with Crippen molar-refractivity contribution >= 4 is 5.52 Å². The van der Waals surface area contributed by atoms with Crippen LogP contribution in [-0.4, -0.2) is 16.5 Å². The van der Waals surface area contributed by atoms with Gasteiger partial charge in [0, 0.05) is 18.5 Å². The molecule has 0 unspecified atom stereocenters. The molecular weight excluding hydrogens is 156 g/mol. The number of hydrogen-bond donors (Lipinski definition) is 1. The summed E-state index contributed by atoms with van der Waals surface area (Å²) in [6, 6.07) is 3.53. The Kier molecular flexibility index (Phi) is 1.40. The highest BCUT2D eigenvalue weighted by molar-refractivity contribution is 5.49. The molecule has 1 N–H and O–H groups in total. The van der Waals surface area contributed by atoms with E-state index < -0.39 is 0 Å². The minimum Gasteiger partial charge on any atom is -0.497 e. The van der Waals surface area contributed by atoms with Crippen LogP contribution in [0.3, 0.4) is 0 Å². The zero-order valence-electron chi connectivity index (χ0n) is 6.57. The van der Waals surface area contributed by atoms with Crippen LogP contribution >= 0.6 is 0 Å². The Hall–Kier alpha value is -1.71. The first-order chi connectivity index (χ1) is 5.81. The standard InChI is InChI=1S/C8H8N2O2/c1-12-7-2-3-10-6(4-7)5-9-8(10)11/h2-5H,1H3,(H,9,11). The number of rotatable bonds is 1. The summed E-state index contributed by atoms with van der Waals surface area (Å²) < 4.78 is 6.52. The summed E-state index contributed by atoms with van der Waals surface area (Å²) in [5.41, 5.74) is 0.673. The molecule has 0 atom stereocenters. The summed E-state index contributed by atoms with van der Waals surface area (Å²) in [7, 11) is 1.59. The molecule has 0 spiro atoms. The molecule has 0 aliphatic rings. The minimum absolute atomic E-state index is 0.132. The molecule has 0 radical (unpaired) electrons. The van der Waals surface area contributed by atoms with Crippen molar-refractivity contribution in [1.82, 2.24) is 9.38 Å². The van der Waals surface area contributed by atoms with E-state index in [0.29, 0.717) is 0 Å². The molecule has 12 heavy (non-hydrogen) atoms. The fraction of sp³-hybridized carbons (Fsp3) is 0.125. The molecular formula is C8H8N2O2. The van der Waals surface area contributed by atoms with Crippen LogP contribution in [0.1, 0.15) is 0 Å². The zero-order valence-corrected chi connectivity index (χ0v) is 6.57. The topological polar surface area (TPSA) is 46.5 Å². The van der Waals surface area contributed by atoms with Crippen LogP contribution in [0.5, 0.6) is 5.75 Å². The molecule has 0 amide bonds. The lowest BCUT2D eigenvalue weighted by atomic mass is 10.4. The number of nitrogens with one attached hydrogen (secondary N) is 1. The van der Waals surface area contributed by atoms with Gasteiger partial charge in [0.2, 0.25) is 0 Å². The monoisotopic (exact) mass is 164 g/mol. The third-order valence-electron chi connectivity index (χ3n) is 1.75. The van der Waals surface area contributed by atoms with Crippen molar-refractivity contribution in [3.05, 3.63) is 35.0 Å². The van der Waals surface area contributed by atoms with Gasteiger partial charge in [0.05, 0.1) is 12.6 Å². The van der Waals surface area contributed by atoms with Crippen LogP contribution in [0.2, 0.25) is 0 Å². The maximum absolute atomic E-state index is 11.0. The number of aromatic nitrogens is 2. The van der Waals surface area contributed by atoms with Gasteiger partial charge in [-0.2, -0.15) is 0 Å². The van der Waals surface area contributed by atoms with Crippen molar-refractivity contribution in [2.24, 2.45) is 0 Å². The zero-order chi connectivity index (χ0) is 8.55. The molecule has 0 aliphatic carbocycles. The van der Waals surface area contributed by atoms with Gasteiger partial charge in [0.15, 0.2) is 0 Å². The fourth-order valence-corrected chi connectivity index (χ4v) is 1.13. The minimum atomic E-state index is -0.132. The van der Waals surface area contributed by atoms with Crippen LogP contribution in [0, 0.1) is 0 Å². The Balaban J connectivity index is 2.77. The highest BCUT2D eigenvalue weighted by atomic mass is 16.5. The lowest BCUT2D eigenvalue weighted by Gasteiger charge is -1.98. The van der Waals surface area contributed by atoms with Crippen molar-refractivity contribution < 1.29 is 4.74 Å². The molecule has 0 bridgehead atoms. The van der Waals surface area contributed by atoms with E-state index in [1.54, 1.807) is 31.6 Å². The van der Waals surface area contributed by atoms with Crippen molar-refractivity contribution in [3.8, 4) is 5.75 Å². The van der Waals surface area contributed by atoms with Crippen LogP contribution in [0.25, 0.3) is 5.52 Å². The second-order valence-electron chi connectivity index (χ2n) is 2.46. The molecule has 4 nitrogen and oxygen atoms in total. The number of ether oxygens (including phenoxy) is 1. The Labute approximate surface area is 68.4 Å². The smallest absolute Gasteiger partial charge is 0.330 e. The molecule has 2 rings (SSSR count). The Bertz CT molecular complexity index is 455. The highest BCUT2D eigenvalue weighted by Gasteiger charge is 1.97. The maximum atomic E-state index is 11.0. The predicted octanol–water partition coefficient (Wildman–Crippen LogP) is 0.636. The summed E-state index contributed by atoms with van der Waals surface area (Å²) in [4.78, 5) is 13.6. The average molecular weight is 164 g/mol. The molecule has 62 valence electrons. The van der Waals surface area contributed by atoms with Gasteiger partial charge in [-0.05, 0) is 6.07 Å². The molecule has 0 saturated carbocycles. The van der Waals surface area contributed by atoms with Crippen LogP contribution < -0.4 is 10.4 Å². The lowest BCUT2D eigenvalue weighted by molar-refractivity contribution is 0.414. The van der Waals surface area contributed by atoms with Crippen molar-refractivity contribution in [2.45, 2.75) is 0 Å².